The molecule has 0 aliphatic carbocycles. The van der Waals surface area contributed by atoms with Crippen molar-refractivity contribution in [3.63, 3.8) is 0 Å². The van der Waals surface area contributed by atoms with Crippen LogP contribution in [0.15, 0.2) is 11.3 Å². The Balaban J connectivity index is 4.17. The number of nitrogens with zero attached hydrogens (tertiary/aromatic N) is 1. The van der Waals surface area contributed by atoms with Crippen LogP contribution in [0.1, 0.15) is 20.8 Å². The molecule has 0 saturated carbocycles. The molecule has 0 unspecified atom stereocenters. The van der Waals surface area contributed by atoms with Gasteiger partial charge < -0.3 is 10.1 Å². The smallest absolute Gasteiger partial charge is 0.399 e. The van der Waals surface area contributed by atoms with Crippen molar-refractivity contribution < 1.29 is 9.53 Å². The monoisotopic (exact) mass is 168 g/mol. The molecule has 4 heteroatoms. The molecular formula is C8H12N2O2. The summed E-state index contributed by atoms with van der Waals surface area (Å²) in [6.45, 7) is 5.67. The van der Waals surface area contributed by atoms with Gasteiger partial charge in [0.25, 0.3) is 0 Å². The van der Waals surface area contributed by atoms with Crippen LogP contribution >= 0.6 is 0 Å². The van der Waals surface area contributed by atoms with Gasteiger partial charge in [0.2, 0.25) is 5.76 Å². The van der Waals surface area contributed by atoms with Gasteiger partial charge >= 0.3 is 6.09 Å². The number of carbonyl (C=O) groups is 1. The van der Waals surface area contributed by atoms with Crippen molar-refractivity contribution in [3.05, 3.63) is 11.3 Å². The molecule has 0 spiro atoms. The predicted octanol–water partition coefficient (Wildman–Crippen LogP) is 1.55. The molecule has 0 bridgehead atoms. The highest BCUT2D eigenvalue weighted by Crippen LogP contribution is 2.03. The fourth-order valence-corrected chi connectivity index (χ4v) is 0.510. The summed E-state index contributed by atoms with van der Waals surface area (Å²) in [5, 5.41) is 10.9. The van der Waals surface area contributed by atoms with E-state index in [0.29, 0.717) is 12.1 Å². The third-order valence-electron chi connectivity index (χ3n) is 1.07. The van der Waals surface area contributed by atoms with Gasteiger partial charge in [0.1, 0.15) is 6.07 Å². The van der Waals surface area contributed by atoms with Gasteiger partial charge in [-0.05, 0) is 26.3 Å². The summed E-state index contributed by atoms with van der Waals surface area (Å²) in [5.41, 5.74) is 0.684. The summed E-state index contributed by atoms with van der Waals surface area (Å²) in [4.78, 5) is 10.8. The lowest BCUT2D eigenvalue weighted by Crippen LogP contribution is -2.23. The maximum atomic E-state index is 10.8. The van der Waals surface area contributed by atoms with Crippen LogP contribution in [-0.4, -0.2) is 12.6 Å². The number of rotatable bonds is 2. The highest BCUT2D eigenvalue weighted by atomic mass is 16.6. The molecule has 0 radical (unpaired) electrons. The van der Waals surface area contributed by atoms with Crippen molar-refractivity contribution in [3.8, 4) is 6.07 Å². The number of amides is 1. The molecule has 0 fully saturated rings. The number of hydrogen-bond acceptors (Lipinski definition) is 3. The van der Waals surface area contributed by atoms with E-state index in [9.17, 15) is 4.79 Å². The molecule has 1 amide bonds. The zero-order valence-corrected chi connectivity index (χ0v) is 7.47. The predicted molar refractivity (Wildman–Crippen MR) is 44.1 cm³/mol. The van der Waals surface area contributed by atoms with E-state index in [0.717, 1.165) is 0 Å². The molecule has 0 aromatic heterocycles. The fourth-order valence-electron chi connectivity index (χ4n) is 0.510. The van der Waals surface area contributed by atoms with E-state index in [2.05, 4.69) is 10.1 Å². The molecule has 0 aliphatic rings. The van der Waals surface area contributed by atoms with Gasteiger partial charge in [0.05, 0.1) is 0 Å². The molecule has 0 aromatic carbocycles. The zero-order chi connectivity index (χ0) is 9.56. The number of allylic oxidation sites excluding steroid dienone is 2. The average Bonchev–Trinajstić information content (AvgIpc) is 2.00. The Bertz CT molecular complexity index is 234. The number of alkyl carbamates (subject to hydrolysis) is 1. The third-order valence-corrected chi connectivity index (χ3v) is 1.07. The number of carbonyl (C=O) groups excluding carboxylic acids is 1. The van der Waals surface area contributed by atoms with Crippen molar-refractivity contribution in [1.29, 1.82) is 5.26 Å². The standard InChI is InChI=1S/C8H12N2O2/c1-4-10-8(11)12-7(5-9)6(2)3/h4H2,1-3H3,(H,10,11). The highest BCUT2D eigenvalue weighted by molar-refractivity contribution is 5.69. The summed E-state index contributed by atoms with van der Waals surface area (Å²) in [6, 6.07) is 1.79. The average molecular weight is 168 g/mol. The van der Waals surface area contributed by atoms with E-state index in [1.54, 1.807) is 26.8 Å². The van der Waals surface area contributed by atoms with Gasteiger partial charge in [-0.2, -0.15) is 5.26 Å². The first kappa shape index (κ1) is 10.5. The summed E-state index contributed by atoms with van der Waals surface area (Å²) in [7, 11) is 0. The van der Waals surface area contributed by atoms with Crippen LogP contribution in [0.3, 0.4) is 0 Å². The largest absolute Gasteiger partial charge is 0.413 e. The molecule has 12 heavy (non-hydrogen) atoms. The van der Waals surface area contributed by atoms with Crippen LogP contribution in [0.4, 0.5) is 4.79 Å². The molecule has 0 aliphatic heterocycles. The van der Waals surface area contributed by atoms with Crippen LogP contribution in [0.2, 0.25) is 0 Å². The van der Waals surface area contributed by atoms with E-state index in [1.165, 1.54) is 0 Å². The lowest BCUT2D eigenvalue weighted by molar-refractivity contribution is 0.179. The van der Waals surface area contributed by atoms with Crippen LogP contribution < -0.4 is 5.32 Å². The maximum absolute atomic E-state index is 10.8. The Morgan fingerprint density at radius 3 is 2.50 bits per heavy atom. The Morgan fingerprint density at radius 1 is 1.58 bits per heavy atom. The summed E-state index contributed by atoms with van der Waals surface area (Å²) >= 11 is 0. The van der Waals surface area contributed by atoms with Crippen LogP contribution in [0.5, 0.6) is 0 Å². The first-order valence-corrected chi connectivity index (χ1v) is 3.65. The van der Waals surface area contributed by atoms with Gasteiger partial charge in [-0.15, -0.1) is 0 Å². The van der Waals surface area contributed by atoms with Crippen molar-refractivity contribution >= 4 is 6.09 Å². The Labute approximate surface area is 71.8 Å². The number of nitriles is 1. The number of nitrogens with one attached hydrogen (secondary N) is 1. The van der Waals surface area contributed by atoms with E-state index in [-0.39, 0.29) is 5.76 Å². The second kappa shape index (κ2) is 5.19. The van der Waals surface area contributed by atoms with Gasteiger partial charge in [-0.25, -0.2) is 4.79 Å². The molecule has 0 saturated heterocycles. The van der Waals surface area contributed by atoms with Gasteiger partial charge in [-0.1, -0.05) is 0 Å². The normalized spacial score (nSPS) is 8.17. The van der Waals surface area contributed by atoms with Crippen LogP contribution in [0, 0.1) is 11.3 Å². The fraction of sp³-hybridized carbons (Fsp3) is 0.500. The van der Waals surface area contributed by atoms with Gasteiger partial charge in [-0.3, -0.25) is 0 Å². The molecule has 1 N–H and O–H groups in total. The first-order chi connectivity index (χ1) is 5.61. The van der Waals surface area contributed by atoms with Crippen LogP contribution in [0.25, 0.3) is 0 Å². The molecular weight excluding hydrogens is 156 g/mol. The van der Waals surface area contributed by atoms with Crippen molar-refractivity contribution in [2.24, 2.45) is 0 Å². The van der Waals surface area contributed by atoms with Crippen molar-refractivity contribution in [2.75, 3.05) is 6.54 Å². The molecule has 4 nitrogen and oxygen atoms in total. The van der Waals surface area contributed by atoms with Crippen LogP contribution in [-0.2, 0) is 4.74 Å². The van der Waals surface area contributed by atoms with Crippen molar-refractivity contribution in [1.82, 2.24) is 5.32 Å². The maximum Gasteiger partial charge on any atom is 0.413 e. The molecule has 0 atom stereocenters. The summed E-state index contributed by atoms with van der Waals surface area (Å²) < 4.78 is 4.67. The van der Waals surface area contributed by atoms with Gasteiger partial charge in [0.15, 0.2) is 0 Å². The molecule has 0 aromatic rings. The van der Waals surface area contributed by atoms with E-state index < -0.39 is 6.09 Å². The Morgan fingerprint density at radius 2 is 2.17 bits per heavy atom. The SMILES string of the molecule is CCNC(=O)OC(C#N)=C(C)C. The Kier molecular flexibility index (Phi) is 4.54. The second-order valence-electron chi connectivity index (χ2n) is 2.36. The number of ether oxygens (including phenoxy) is 1. The van der Waals surface area contributed by atoms with Crippen molar-refractivity contribution in [2.45, 2.75) is 20.8 Å². The lowest BCUT2D eigenvalue weighted by Gasteiger charge is -2.03. The van der Waals surface area contributed by atoms with Gasteiger partial charge in [0, 0.05) is 6.54 Å². The summed E-state index contributed by atoms with van der Waals surface area (Å²) in [6.07, 6.45) is -0.588. The molecule has 66 valence electrons. The Hall–Kier alpha value is -1.50. The quantitative estimate of drug-likeness (QED) is 0.502. The minimum atomic E-state index is -0.588. The minimum Gasteiger partial charge on any atom is -0.399 e. The summed E-state index contributed by atoms with van der Waals surface area (Å²) in [5.74, 6) is 0.0564. The molecule has 0 rings (SSSR count). The van der Waals surface area contributed by atoms with E-state index >= 15 is 0 Å². The first-order valence-electron chi connectivity index (χ1n) is 3.65. The topological polar surface area (TPSA) is 62.1 Å². The van der Waals surface area contributed by atoms with E-state index in [4.69, 9.17) is 5.26 Å². The second-order valence-corrected chi connectivity index (χ2v) is 2.36. The molecule has 0 heterocycles. The van der Waals surface area contributed by atoms with E-state index in [1.807, 2.05) is 0 Å². The lowest BCUT2D eigenvalue weighted by atomic mass is 10.3. The highest BCUT2D eigenvalue weighted by Gasteiger charge is 2.05. The zero-order valence-electron chi connectivity index (χ0n) is 7.47. The third kappa shape index (κ3) is 3.62. The number of hydrogen-bond donors (Lipinski definition) is 1. The minimum absolute atomic E-state index is 0.0564.